The SMILES string of the molecule is CC(C)c1ccc(/C=C/C(=O)Nc2cccc(S(=O)(=O)N(C)C)c2)cc1. The van der Waals surface area contributed by atoms with Crippen molar-refractivity contribution in [2.45, 2.75) is 24.7 Å². The summed E-state index contributed by atoms with van der Waals surface area (Å²) in [4.78, 5) is 12.2. The van der Waals surface area contributed by atoms with Gasteiger partial charge in [-0.25, -0.2) is 12.7 Å². The Kier molecular flexibility index (Phi) is 6.34. The first-order valence-electron chi connectivity index (χ1n) is 8.32. The van der Waals surface area contributed by atoms with Crippen LogP contribution in [-0.4, -0.2) is 32.7 Å². The summed E-state index contributed by atoms with van der Waals surface area (Å²) in [6.07, 6.45) is 3.15. The van der Waals surface area contributed by atoms with E-state index in [4.69, 9.17) is 0 Å². The maximum atomic E-state index is 12.2. The van der Waals surface area contributed by atoms with Gasteiger partial charge in [-0.1, -0.05) is 44.2 Å². The van der Waals surface area contributed by atoms with Gasteiger partial charge >= 0.3 is 0 Å². The van der Waals surface area contributed by atoms with Gasteiger partial charge in [0.15, 0.2) is 0 Å². The number of hydrogen-bond acceptors (Lipinski definition) is 3. The van der Waals surface area contributed by atoms with E-state index in [9.17, 15) is 13.2 Å². The predicted molar refractivity (Wildman–Crippen MR) is 106 cm³/mol. The Morgan fingerprint density at radius 3 is 2.31 bits per heavy atom. The minimum Gasteiger partial charge on any atom is -0.322 e. The third-order valence-corrected chi connectivity index (χ3v) is 5.72. The number of sulfonamides is 1. The van der Waals surface area contributed by atoms with Crippen LogP contribution < -0.4 is 5.32 Å². The van der Waals surface area contributed by atoms with E-state index in [2.05, 4.69) is 19.2 Å². The van der Waals surface area contributed by atoms with Crippen LogP contribution in [0.15, 0.2) is 59.5 Å². The molecule has 0 saturated carbocycles. The Morgan fingerprint density at radius 1 is 1.08 bits per heavy atom. The molecular weight excluding hydrogens is 348 g/mol. The largest absolute Gasteiger partial charge is 0.322 e. The summed E-state index contributed by atoms with van der Waals surface area (Å²) in [6.45, 7) is 4.26. The second-order valence-corrected chi connectivity index (χ2v) is 8.61. The molecule has 2 aromatic carbocycles. The average molecular weight is 372 g/mol. The number of carbonyl (C=O) groups is 1. The van der Waals surface area contributed by atoms with Gasteiger partial charge in [-0.05, 0) is 41.3 Å². The zero-order valence-corrected chi connectivity index (χ0v) is 16.2. The third kappa shape index (κ3) is 5.03. The van der Waals surface area contributed by atoms with E-state index in [-0.39, 0.29) is 10.8 Å². The van der Waals surface area contributed by atoms with Gasteiger partial charge in [-0.2, -0.15) is 0 Å². The standard InChI is InChI=1S/C20H24N2O3S/c1-15(2)17-11-8-16(9-12-17)10-13-20(23)21-18-6-5-7-19(14-18)26(24,25)22(3)4/h5-15H,1-4H3,(H,21,23)/b13-10+. The van der Waals surface area contributed by atoms with Crippen molar-refractivity contribution < 1.29 is 13.2 Å². The fraction of sp³-hybridized carbons (Fsp3) is 0.250. The van der Waals surface area contributed by atoms with E-state index in [0.29, 0.717) is 11.6 Å². The van der Waals surface area contributed by atoms with Gasteiger partial charge in [-0.3, -0.25) is 4.79 Å². The zero-order valence-electron chi connectivity index (χ0n) is 15.4. The summed E-state index contributed by atoms with van der Waals surface area (Å²) in [7, 11) is -0.605. The van der Waals surface area contributed by atoms with Crippen LogP contribution in [0.2, 0.25) is 0 Å². The maximum absolute atomic E-state index is 12.2. The van der Waals surface area contributed by atoms with Gasteiger partial charge in [0, 0.05) is 25.9 Å². The number of benzene rings is 2. The fourth-order valence-corrected chi connectivity index (χ4v) is 3.24. The molecule has 0 saturated heterocycles. The molecule has 26 heavy (non-hydrogen) atoms. The number of anilines is 1. The second-order valence-electron chi connectivity index (χ2n) is 6.46. The normalized spacial score (nSPS) is 12.1. The first-order chi connectivity index (χ1) is 12.2. The van der Waals surface area contributed by atoms with E-state index in [0.717, 1.165) is 9.87 Å². The van der Waals surface area contributed by atoms with Crippen molar-refractivity contribution in [2.75, 3.05) is 19.4 Å². The van der Waals surface area contributed by atoms with Crippen LogP contribution in [0.3, 0.4) is 0 Å². The molecule has 0 fully saturated rings. The number of hydrogen-bond donors (Lipinski definition) is 1. The lowest BCUT2D eigenvalue weighted by Gasteiger charge is -2.12. The summed E-state index contributed by atoms with van der Waals surface area (Å²) in [5.74, 6) is 0.138. The molecule has 0 radical (unpaired) electrons. The molecule has 1 amide bonds. The first-order valence-corrected chi connectivity index (χ1v) is 9.76. The van der Waals surface area contributed by atoms with Crippen molar-refractivity contribution >= 4 is 27.7 Å². The van der Waals surface area contributed by atoms with Gasteiger partial charge < -0.3 is 5.32 Å². The van der Waals surface area contributed by atoms with Crippen molar-refractivity contribution in [1.29, 1.82) is 0 Å². The minimum atomic E-state index is -3.54. The van der Waals surface area contributed by atoms with Gasteiger partial charge in [0.25, 0.3) is 0 Å². The number of carbonyl (C=O) groups excluding carboxylic acids is 1. The van der Waals surface area contributed by atoms with Crippen molar-refractivity contribution in [3.63, 3.8) is 0 Å². The summed E-state index contributed by atoms with van der Waals surface area (Å²) in [5, 5.41) is 2.68. The molecule has 5 nitrogen and oxygen atoms in total. The molecule has 1 N–H and O–H groups in total. The van der Waals surface area contributed by atoms with Gasteiger partial charge in [0.1, 0.15) is 0 Å². The van der Waals surface area contributed by atoms with Crippen LogP contribution >= 0.6 is 0 Å². The lowest BCUT2D eigenvalue weighted by atomic mass is 10.0. The Labute approximate surface area is 155 Å². The number of nitrogens with one attached hydrogen (secondary N) is 1. The highest BCUT2D eigenvalue weighted by atomic mass is 32.2. The molecule has 0 aliphatic heterocycles. The molecule has 2 rings (SSSR count). The van der Waals surface area contributed by atoms with Gasteiger partial charge in [-0.15, -0.1) is 0 Å². The maximum Gasteiger partial charge on any atom is 0.248 e. The van der Waals surface area contributed by atoms with E-state index in [1.54, 1.807) is 18.2 Å². The molecule has 138 valence electrons. The van der Waals surface area contributed by atoms with Gasteiger partial charge in [0.2, 0.25) is 15.9 Å². The molecule has 6 heteroatoms. The molecule has 0 bridgehead atoms. The first kappa shape index (κ1) is 19.9. The van der Waals surface area contributed by atoms with Crippen molar-refractivity contribution in [3.05, 3.63) is 65.7 Å². The molecule has 0 heterocycles. The quantitative estimate of drug-likeness (QED) is 0.786. The highest BCUT2D eigenvalue weighted by Gasteiger charge is 2.17. The molecule has 0 atom stereocenters. The number of amides is 1. The molecule has 0 spiro atoms. The van der Waals surface area contributed by atoms with Crippen molar-refractivity contribution in [2.24, 2.45) is 0 Å². The average Bonchev–Trinajstić information content (AvgIpc) is 2.60. The summed E-state index contributed by atoms with van der Waals surface area (Å²) < 4.78 is 25.4. The Hall–Kier alpha value is -2.44. The van der Waals surface area contributed by atoms with E-state index in [1.807, 2.05) is 24.3 Å². The Morgan fingerprint density at radius 2 is 1.73 bits per heavy atom. The van der Waals surface area contributed by atoms with Gasteiger partial charge in [0.05, 0.1) is 4.90 Å². The highest BCUT2D eigenvalue weighted by Crippen LogP contribution is 2.18. The summed E-state index contributed by atoms with van der Waals surface area (Å²) >= 11 is 0. The Bertz CT molecular complexity index is 899. The van der Waals surface area contributed by atoms with Crippen molar-refractivity contribution in [3.8, 4) is 0 Å². The molecule has 0 aliphatic carbocycles. The lowest BCUT2D eigenvalue weighted by molar-refractivity contribution is -0.111. The third-order valence-electron chi connectivity index (χ3n) is 3.91. The smallest absolute Gasteiger partial charge is 0.248 e. The minimum absolute atomic E-state index is 0.133. The molecule has 0 aromatic heterocycles. The molecular formula is C20H24N2O3S. The van der Waals surface area contributed by atoms with E-state index < -0.39 is 10.0 Å². The van der Waals surface area contributed by atoms with Crippen molar-refractivity contribution in [1.82, 2.24) is 4.31 Å². The zero-order chi connectivity index (χ0) is 19.3. The van der Waals surface area contributed by atoms with Crippen LogP contribution in [0.4, 0.5) is 5.69 Å². The topological polar surface area (TPSA) is 66.5 Å². The Balaban J connectivity index is 2.08. The van der Waals surface area contributed by atoms with E-state index in [1.165, 1.54) is 37.9 Å². The fourth-order valence-electron chi connectivity index (χ4n) is 2.29. The van der Waals surface area contributed by atoms with Crippen LogP contribution in [0.5, 0.6) is 0 Å². The number of rotatable bonds is 6. The van der Waals surface area contributed by atoms with Crippen LogP contribution in [0.25, 0.3) is 6.08 Å². The monoisotopic (exact) mass is 372 g/mol. The lowest BCUT2D eigenvalue weighted by Crippen LogP contribution is -2.22. The van der Waals surface area contributed by atoms with E-state index >= 15 is 0 Å². The predicted octanol–water partition coefficient (Wildman–Crippen LogP) is 3.71. The molecule has 0 unspecified atom stereocenters. The van der Waals surface area contributed by atoms with Crippen LogP contribution in [0, 0.1) is 0 Å². The highest BCUT2D eigenvalue weighted by molar-refractivity contribution is 7.89. The number of nitrogens with zero attached hydrogens (tertiary/aromatic N) is 1. The van der Waals surface area contributed by atoms with Crippen LogP contribution in [-0.2, 0) is 14.8 Å². The second kappa shape index (κ2) is 8.29. The summed E-state index contributed by atoms with van der Waals surface area (Å²) in [6, 6.07) is 14.2. The molecule has 2 aromatic rings. The summed E-state index contributed by atoms with van der Waals surface area (Å²) in [5.41, 5.74) is 2.59. The van der Waals surface area contributed by atoms with Crippen LogP contribution in [0.1, 0.15) is 30.9 Å². The molecule has 0 aliphatic rings.